The van der Waals surface area contributed by atoms with Crippen LogP contribution in [0.3, 0.4) is 0 Å². The van der Waals surface area contributed by atoms with E-state index in [2.05, 4.69) is 16.3 Å². The lowest BCUT2D eigenvalue weighted by Gasteiger charge is -2.04. The quantitative estimate of drug-likeness (QED) is 0.659. The van der Waals surface area contributed by atoms with Crippen molar-refractivity contribution in [3.8, 4) is 11.5 Å². The van der Waals surface area contributed by atoms with Gasteiger partial charge in [-0.25, -0.2) is 0 Å². The fourth-order valence-corrected chi connectivity index (χ4v) is 2.41. The summed E-state index contributed by atoms with van der Waals surface area (Å²) < 4.78 is 5.77. The molecule has 3 rings (SSSR count). The van der Waals surface area contributed by atoms with Crippen molar-refractivity contribution < 1.29 is 4.42 Å². The molecular formula is C17H15ClN2O. The van der Waals surface area contributed by atoms with Gasteiger partial charge in [-0.2, -0.15) is 0 Å². The number of hydrogen-bond acceptors (Lipinski definition) is 3. The number of alkyl halides is 1. The van der Waals surface area contributed by atoms with E-state index >= 15 is 0 Å². The van der Waals surface area contributed by atoms with Crippen molar-refractivity contribution in [3.05, 3.63) is 71.1 Å². The van der Waals surface area contributed by atoms with Crippen LogP contribution < -0.4 is 0 Å². The Morgan fingerprint density at radius 3 is 2.52 bits per heavy atom. The summed E-state index contributed by atoms with van der Waals surface area (Å²) in [6.45, 7) is 4.06. The van der Waals surface area contributed by atoms with Crippen molar-refractivity contribution in [3.63, 3.8) is 0 Å². The minimum Gasteiger partial charge on any atom is -0.419 e. The summed E-state index contributed by atoms with van der Waals surface area (Å²) in [7, 11) is 0. The van der Waals surface area contributed by atoms with E-state index < -0.39 is 5.38 Å². The van der Waals surface area contributed by atoms with Crippen LogP contribution in [0.15, 0.2) is 52.9 Å². The minimum absolute atomic E-state index is 0.416. The number of halogens is 1. The molecule has 0 N–H and O–H groups in total. The van der Waals surface area contributed by atoms with Gasteiger partial charge in [0.2, 0.25) is 11.8 Å². The lowest BCUT2D eigenvalue weighted by molar-refractivity contribution is 0.513. The van der Waals surface area contributed by atoms with Gasteiger partial charge < -0.3 is 4.42 Å². The Hall–Kier alpha value is -2.13. The highest BCUT2D eigenvalue weighted by Gasteiger charge is 2.19. The van der Waals surface area contributed by atoms with Gasteiger partial charge in [-0.1, -0.05) is 48.0 Å². The molecule has 1 atom stereocenters. The van der Waals surface area contributed by atoms with E-state index in [0.29, 0.717) is 11.8 Å². The zero-order valence-corrected chi connectivity index (χ0v) is 12.6. The van der Waals surface area contributed by atoms with E-state index in [-0.39, 0.29) is 0 Å². The summed E-state index contributed by atoms with van der Waals surface area (Å²) in [4.78, 5) is 0. The third-order valence-electron chi connectivity index (χ3n) is 3.37. The Balaban J connectivity index is 1.95. The molecule has 21 heavy (non-hydrogen) atoms. The first-order chi connectivity index (χ1) is 10.1. The molecule has 0 aliphatic carbocycles. The summed E-state index contributed by atoms with van der Waals surface area (Å²) in [6.07, 6.45) is 0. The van der Waals surface area contributed by atoms with Gasteiger partial charge in [0, 0.05) is 5.56 Å². The van der Waals surface area contributed by atoms with Crippen molar-refractivity contribution >= 4 is 11.6 Å². The molecular weight excluding hydrogens is 284 g/mol. The fourth-order valence-electron chi connectivity index (χ4n) is 2.18. The summed E-state index contributed by atoms with van der Waals surface area (Å²) in [5.74, 6) is 0.923. The van der Waals surface area contributed by atoms with E-state index in [9.17, 15) is 0 Å². The molecule has 106 valence electrons. The van der Waals surface area contributed by atoms with Gasteiger partial charge in [-0.05, 0) is 31.0 Å². The number of aromatic nitrogens is 2. The molecule has 1 unspecified atom stereocenters. The van der Waals surface area contributed by atoms with Crippen LogP contribution in [-0.4, -0.2) is 10.2 Å². The summed E-state index contributed by atoms with van der Waals surface area (Å²) in [6, 6.07) is 15.9. The Kier molecular flexibility index (Phi) is 3.76. The molecule has 0 aliphatic heterocycles. The second-order valence-corrected chi connectivity index (χ2v) is 5.47. The fraction of sp³-hybridized carbons (Fsp3) is 0.176. The van der Waals surface area contributed by atoms with Crippen LogP contribution in [0.4, 0.5) is 0 Å². The average molecular weight is 299 g/mol. The highest BCUT2D eigenvalue weighted by atomic mass is 35.5. The lowest BCUT2D eigenvalue weighted by atomic mass is 10.1. The van der Waals surface area contributed by atoms with E-state index in [1.807, 2.05) is 56.3 Å². The molecule has 0 aliphatic rings. The van der Waals surface area contributed by atoms with Crippen LogP contribution in [0.1, 0.15) is 28.0 Å². The van der Waals surface area contributed by atoms with Gasteiger partial charge >= 0.3 is 0 Å². The molecule has 2 aromatic carbocycles. The van der Waals surface area contributed by atoms with Crippen LogP contribution in [0, 0.1) is 13.8 Å². The largest absolute Gasteiger partial charge is 0.419 e. The minimum atomic E-state index is -0.433. The molecule has 0 amide bonds. The number of hydrogen-bond donors (Lipinski definition) is 0. The van der Waals surface area contributed by atoms with Crippen LogP contribution in [0.5, 0.6) is 0 Å². The number of benzene rings is 2. The van der Waals surface area contributed by atoms with Crippen molar-refractivity contribution in [1.82, 2.24) is 10.2 Å². The molecule has 0 bridgehead atoms. The zero-order valence-electron chi connectivity index (χ0n) is 11.9. The normalized spacial score (nSPS) is 12.3. The zero-order chi connectivity index (χ0) is 14.8. The van der Waals surface area contributed by atoms with Crippen molar-refractivity contribution in [2.75, 3.05) is 0 Å². The molecule has 0 spiro atoms. The van der Waals surface area contributed by atoms with Crippen LogP contribution in [0.25, 0.3) is 11.5 Å². The Bertz CT molecular complexity index is 752. The molecule has 1 heterocycles. The maximum Gasteiger partial charge on any atom is 0.248 e. The molecule has 3 aromatic rings. The van der Waals surface area contributed by atoms with E-state index in [4.69, 9.17) is 16.0 Å². The standard InChI is InChI=1S/C17H15ClN2O/c1-11-8-9-12(2)14(10-11)16-19-20-17(21-16)15(18)13-6-4-3-5-7-13/h3-10,15H,1-2H3. The maximum absolute atomic E-state index is 6.41. The van der Waals surface area contributed by atoms with Crippen LogP contribution in [-0.2, 0) is 0 Å². The highest BCUT2D eigenvalue weighted by Crippen LogP contribution is 2.30. The summed E-state index contributed by atoms with van der Waals surface area (Å²) in [5.41, 5.74) is 4.14. The molecule has 0 fully saturated rings. The molecule has 0 saturated heterocycles. The maximum atomic E-state index is 6.41. The van der Waals surface area contributed by atoms with E-state index in [0.717, 1.165) is 22.3 Å². The van der Waals surface area contributed by atoms with Crippen LogP contribution >= 0.6 is 11.6 Å². The van der Waals surface area contributed by atoms with Gasteiger partial charge in [-0.15, -0.1) is 21.8 Å². The Morgan fingerprint density at radius 1 is 1.00 bits per heavy atom. The van der Waals surface area contributed by atoms with Crippen molar-refractivity contribution in [2.45, 2.75) is 19.2 Å². The van der Waals surface area contributed by atoms with E-state index in [1.165, 1.54) is 0 Å². The second kappa shape index (κ2) is 5.70. The third-order valence-corrected chi connectivity index (χ3v) is 3.81. The number of aryl methyl sites for hydroxylation is 2. The molecule has 1 aromatic heterocycles. The summed E-state index contributed by atoms with van der Waals surface area (Å²) in [5, 5.41) is 7.79. The first-order valence-electron chi connectivity index (χ1n) is 6.75. The van der Waals surface area contributed by atoms with Gasteiger partial charge in [0.05, 0.1) is 0 Å². The topological polar surface area (TPSA) is 38.9 Å². The smallest absolute Gasteiger partial charge is 0.248 e. The van der Waals surface area contributed by atoms with Gasteiger partial charge in [-0.3, -0.25) is 0 Å². The first kappa shape index (κ1) is 13.8. The Labute approximate surface area is 128 Å². The highest BCUT2D eigenvalue weighted by molar-refractivity contribution is 6.22. The number of rotatable bonds is 3. The molecule has 3 nitrogen and oxygen atoms in total. The lowest BCUT2D eigenvalue weighted by Crippen LogP contribution is -1.92. The van der Waals surface area contributed by atoms with Gasteiger partial charge in [0.1, 0.15) is 5.38 Å². The monoisotopic (exact) mass is 298 g/mol. The van der Waals surface area contributed by atoms with Gasteiger partial charge in [0.15, 0.2) is 0 Å². The molecule has 0 radical (unpaired) electrons. The van der Waals surface area contributed by atoms with Crippen molar-refractivity contribution in [2.24, 2.45) is 0 Å². The van der Waals surface area contributed by atoms with Crippen LogP contribution in [0.2, 0.25) is 0 Å². The summed E-state index contributed by atoms with van der Waals surface area (Å²) >= 11 is 6.41. The van der Waals surface area contributed by atoms with Gasteiger partial charge in [0.25, 0.3) is 0 Å². The molecule has 0 saturated carbocycles. The average Bonchev–Trinajstić information content (AvgIpc) is 2.99. The molecule has 4 heteroatoms. The third kappa shape index (κ3) is 2.83. The number of nitrogens with zero attached hydrogens (tertiary/aromatic N) is 2. The van der Waals surface area contributed by atoms with Crippen molar-refractivity contribution in [1.29, 1.82) is 0 Å². The predicted octanol–water partition coefficient (Wildman–Crippen LogP) is 4.68. The predicted molar refractivity (Wildman–Crippen MR) is 83.3 cm³/mol. The Morgan fingerprint density at radius 2 is 1.76 bits per heavy atom. The second-order valence-electron chi connectivity index (χ2n) is 5.04. The van der Waals surface area contributed by atoms with E-state index in [1.54, 1.807) is 0 Å². The first-order valence-corrected chi connectivity index (χ1v) is 7.19. The SMILES string of the molecule is Cc1ccc(C)c(-c2nnc(C(Cl)c3ccccc3)o2)c1.